The Labute approximate surface area is 118 Å². The van der Waals surface area contributed by atoms with E-state index in [1.807, 2.05) is 32.0 Å². The molecule has 1 aromatic carbocycles. The lowest BCUT2D eigenvalue weighted by Crippen LogP contribution is -2.31. The minimum absolute atomic E-state index is 0.0386. The van der Waals surface area contributed by atoms with Gasteiger partial charge in [0, 0.05) is 17.9 Å². The number of rotatable bonds is 2. The van der Waals surface area contributed by atoms with Crippen molar-refractivity contribution in [2.45, 2.75) is 33.1 Å². The molecule has 3 heteroatoms. The molecule has 0 amide bonds. The van der Waals surface area contributed by atoms with Crippen molar-refractivity contribution < 1.29 is 9.59 Å². The van der Waals surface area contributed by atoms with Crippen LogP contribution in [-0.2, 0) is 16.0 Å². The van der Waals surface area contributed by atoms with Crippen LogP contribution in [0.1, 0.15) is 32.3 Å². The number of carbonyl (C=O) groups excluding carboxylic acids is 2. The van der Waals surface area contributed by atoms with Crippen molar-refractivity contribution in [3.05, 3.63) is 46.5 Å². The number of Topliss-reactive ketones (excluding diaryl/α,β-unsaturated/α-hetero) is 2. The van der Waals surface area contributed by atoms with E-state index in [0.717, 1.165) is 5.56 Å². The van der Waals surface area contributed by atoms with Crippen LogP contribution < -0.4 is 0 Å². The predicted octanol–water partition coefficient (Wildman–Crippen LogP) is 3.77. The third-order valence-corrected chi connectivity index (χ3v) is 3.55. The Bertz CT molecular complexity index is 534. The van der Waals surface area contributed by atoms with Crippen LogP contribution in [0, 0.1) is 5.41 Å². The molecule has 1 aliphatic rings. The lowest BCUT2D eigenvalue weighted by molar-refractivity contribution is -0.127. The van der Waals surface area contributed by atoms with Gasteiger partial charge in [-0.15, -0.1) is 0 Å². The summed E-state index contributed by atoms with van der Waals surface area (Å²) in [6, 6.07) is 7.45. The standard InChI is InChI=1S/C16H17ClO2/c1-16(2)9-14(18)13(15(19)10-16)7-6-11-4-3-5-12(17)8-11/h3-5,7-8H,6,9-10H2,1-2H3. The Balaban J connectivity index is 2.15. The maximum atomic E-state index is 12.0. The lowest BCUT2D eigenvalue weighted by atomic mass is 9.74. The third kappa shape index (κ3) is 3.54. The normalized spacial score (nSPS) is 18.6. The Kier molecular flexibility index (Phi) is 3.91. The number of carbonyl (C=O) groups is 2. The van der Waals surface area contributed by atoms with Gasteiger partial charge in [0.2, 0.25) is 0 Å². The number of ketones is 2. The van der Waals surface area contributed by atoms with Crippen LogP contribution in [0.3, 0.4) is 0 Å². The first-order valence-corrected chi connectivity index (χ1v) is 6.76. The molecular formula is C16H17ClO2. The van der Waals surface area contributed by atoms with Crippen molar-refractivity contribution >= 4 is 23.2 Å². The van der Waals surface area contributed by atoms with Crippen molar-refractivity contribution in [3.8, 4) is 0 Å². The zero-order valence-corrected chi connectivity index (χ0v) is 12.0. The lowest BCUT2D eigenvalue weighted by Gasteiger charge is -2.28. The van der Waals surface area contributed by atoms with Gasteiger partial charge >= 0.3 is 0 Å². The topological polar surface area (TPSA) is 34.1 Å². The van der Waals surface area contributed by atoms with E-state index in [4.69, 9.17) is 11.6 Å². The molecule has 0 saturated heterocycles. The van der Waals surface area contributed by atoms with Gasteiger partial charge in [-0.05, 0) is 29.5 Å². The molecule has 2 rings (SSSR count). The first-order chi connectivity index (χ1) is 8.87. The van der Waals surface area contributed by atoms with Crippen molar-refractivity contribution in [2.24, 2.45) is 5.41 Å². The van der Waals surface area contributed by atoms with Crippen molar-refractivity contribution in [3.63, 3.8) is 0 Å². The molecule has 1 saturated carbocycles. The minimum Gasteiger partial charge on any atom is -0.294 e. The monoisotopic (exact) mass is 276 g/mol. The summed E-state index contributed by atoms with van der Waals surface area (Å²) in [6.45, 7) is 3.91. The zero-order chi connectivity index (χ0) is 14.0. The second-order valence-electron chi connectivity index (χ2n) is 5.82. The fraction of sp³-hybridized carbons (Fsp3) is 0.375. The molecule has 0 atom stereocenters. The first-order valence-electron chi connectivity index (χ1n) is 6.38. The molecular weight excluding hydrogens is 260 g/mol. The van der Waals surface area contributed by atoms with Crippen LogP contribution in [0.25, 0.3) is 0 Å². The van der Waals surface area contributed by atoms with E-state index in [-0.39, 0.29) is 17.0 Å². The molecule has 0 bridgehead atoms. The summed E-state index contributed by atoms with van der Waals surface area (Å²) in [5.41, 5.74) is 1.16. The zero-order valence-electron chi connectivity index (χ0n) is 11.2. The third-order valence-electron chi connectivity index (χ3n) is 3.31. The van der Waals surface area contributed by atoms with Gasteiger partial charge in [0.05, 0.1) is 5.57 Å². The largest absolute Gasteiger partial charge is 0.294 e. The summed E-state index contributed by atoms with van der Waals surface area (Å²) < 4.78 is 0. The molecule has 100 valence electrons. The minimum atomic E-state index is -0.207. The molecule has 0 spiro atoms. The molecule has 1 aromatic rings. The van der Waals surface area contributed by atoms with E-state index < -0.39 is 0 Å². The van der Waals surface area contributed by atoms with Gasteiger partial charge in [0.15, 0.2) is 11.6 Å². The average Bonchev–Trinajstić information content (AvgIpc) is 2.26. The number of allylic oxidation sites excluding steroid dienone is 2. The number of benzene rings is 1. The van der Waals surface area contributed by atoms with E-state index in [1.165, 1.54) is 0 Å². The Hall–Kier alpha value is -1.41. The molecule has 0 aliphatic heterocycles. The summed E-state index contributed by atoms with van der Waals surface area (Å²) >= 11 is 5.91. The van der Waals surface area contributed by atoms with E-state index >= 15 is 0 Å². The highest BCUT2D eigenvalue weighted by Gasteiger charge is 2.35. The second-order valence-corrected chi connectivity index (χ2v) is 6.25. The smallest absolute Gasteiger partial charge is 0.166 e. The molecule has 1 aliphatic carbocycles. The van der Waals surface area contributed by atoms with Gasteiger partial charge in [-0.2, -0.15) is 0 Å². The van der Waals surface area contributed by atoms with Crippen molar-refractivity contribution in [1.82, 2.24) is 0 Å². The summed E-state index contributed by atoms with van der Waals surface area (Å²) in [4.78, 5) is 24.0. The van der Waals surface area contributed by atoms with Gasteiger partial charge in [0.25, 0.3) is 0 Å². The summed E-state index contributed by atoms with van der Waals surface area (Å²) in [5, 5.41) is 0.665. The summed E-state index contributed by atoms with van der Waals surface area (Å²) in [5.74, 6) is -0.0773. The van der Waals surface area contributed by atoms with Crippen molar-refractivity contribution in [2.75, 3.05) is 0 Å². The fourth-order valence-corrected chi connectivity index (χ4v) is 2.60. The SMILES string of the molecule is CC1(C)CC(=O)C(=CCc2cccc(Cl)c2)C(=O)C1. The number of hydrogen-bond acceptors (Lipinski definition) is 2. The highest BCUT2D eigenvalue weighted by Crippen LogP contribution is 2.33. The fourth-order valence-electron chi connectivity index (χ4n) is 2.39. The maximum Gasteiger partial charge on any atom is 0.166 e. The van der Waals surface area contributed by atoms with E-state index in [0.29, 0.717) is 29.9 Å². The Morgan fingerprint density at radius 2 is 1.84 bits per heavy atom. The predicted molar refractivity (Wildman–Crippen MR) is 76.3 cm³/mol. The summed E-state index contributed by atoms with van der Waals surface area (Å²) in [7, 11) is 0. The van der Waals surface area contributed by atoms with E-state index in [1.54, 1.807) is 12.1 Å². The molecule has 0 N–H and O–H groups in total. The number of hydrogen-bond donors (Lipinski definition) is 0. The van der Waals surface area contributed by atoms with Gasteiger partial charge in [-0.25, -0.2) is 0 Å². The molecule has 0 radical (unpaired) electrons. The average molecular weight is 277 g/mol. The quantitative estimate of drug-likeness (QED) is 0.609. The van der Waals surface area contributed by atoms with Gasteiger partial charge in [0.1, 0.15) is 0 Å². The van der Waals surface area contributed by atoms with Crippen LogP contribution in [0.2, 0.25) is 5.02 Å². The van der Waals surface area contributed by atoms with Crippen LogP contribution in [0.5, 0.6) is 0 Å². The maximum absolute atomic E-state index is 12.0. The van der Waals surface area contributed by atoms with Crippen molar-refractivity contribution in [1.29, 1.82) is 0 Å². The second kappa shape index (κ2) is 5.30. The van der Waals surface area contributed by atoms with Crippen LogP contribution in [0.15, 0.2) is 35.9 Å². The van der Waals surface area contributed by atoms with Gasteiger partial charge in [-0.3, -0.25) is 9.59 Å². The Morgan fingerprint density at radius 1 is 1.21 bits per heavy atom. The van der Waals surface area contributed by atoms with Gasteiger partial charge in [-0.1, -0.05) is 43.7 Å². The molecule has 1 fully saturated rings. The summed E-state index contributed by atoms with van der Waals surface area (Å²) in [6.07, 6.45) is 3.19. The van der Waals surface area contributed by atoms with E-state index in [2.05, 4.69) is 0 Å². The molecule has 0 aromatic heterocycles. The first kappa shape index (κ1) is 14.0. The van der Waals surface area contributed by atoms with Gasteiger partial charge < -0.3 is 0 Å². The number of halogens is 1. The van der Waals surface area contributed by atoms with E-state index in [9.17, 15) is 9.59 Å². The van der Waals surface area contributed by atoms with Crippen LogP contribution in [0.4, 0.5) is 0 Å². The highest BCUT2D eigenvalue weighted by atomic mass is 35.5. The molecule has 19 heavy (non-hydrogen) atoms. The van der Waals surface area contributed by atoms with Crippen LogP contribution >= 0.6 is 11.6 Å². The molecule has 2 nitrogen and oxygen atoms in total. The highest BCUT2D eigenvalue weighted by molar-refractivity contribution is 6.30. The molecule has 0 heterocycles. The Morgan fingerprint density at radius 3 is 2.42 bits per heavy atom. The molecule has 0 unspecified atom stereocenters. The van der Waals surface area contributed by atoms with Crippen LogP contribution in [-0.4, -0.2) is 11.6 Å².